The van der Waals surface area contributed by atoms with Gasteiger partial charge in [-0.2, -0.15) is 0 Å². The Kier molecular flexibility index (Phi) is 5.23. The van der Waals surface area contributed by atoms with Gasteiger partial charge in [-0.1, -0.05) is 25.0 Å². The number of ether oxygens (including phenoxy) is 1. The minimum Gasteiger partial charge on any atom is -0.496 e. The molecular formula is C17H26N2O2. The van der Waals surface area contributed by atoms with Gasteiger partial charge < -0.3 is 15.4 Å². The number of carbonyl (C=O) groups excluding carboxylic acids is 1. The summed E-state index contributed by atoms with van der Waals surface area (Å²) in [5.41, 5.74) is 1.81. The molecule has 2 rings (SSSR count). The molecule has 0 saturated heterocycles. The van der Waals surface area contributed by atoms with E-state index in [1.807, 2.05) is 20.0 Å². The van der Waals surface area contributed by atoms with E-state index in [1.165, 1.54) is 0 Å². The summed E-state index contributed by atoms with van der Waals surface area (Å²) in [6, 6.07) is 6.17. The Balaban J connectivity index is 2.27. The summed E-state index contributed by atoms with van der Waals surface area (Å²) in [7, 11) is 3.57. The SMILES string of the molecule is CNCCNC(=O)C1(c2ccc(C)c(OC)c2)CCCC1. The van der Waals surface area contributed by atoms with Crippen LogP contribution in [-0.2, 0) is 10.2 Å². The zero-order chi connectivity index (χ0) is 15.3. The molecular weight excluding hydrogens is 264 g/mol. The molecule has 1 aromatic rings. The van der Waals surface area contributed by atoms with Crippen molar-refractivity contribution in [3.05, 3.63) is 29.3 Å². The number of hydrogen-bond acceptors (Lipinski definition) is 3. The molecule has 0 bridgehead atoms. The van der Waals surface area contributed by atoms with E-state index < -0.39 is 0 Å². The van der Waals surface area contributed by atoms with Crippen molar-refractivity contribution in [2.24, 2.45) is 0 Å². The van der Waals surface area contributed by atoms with Crippen molar-refractivity contribution in [1.82, 2.24) is 10.6 Å². The quantitative estimate of drug-likeness (QED) is 0.789. The summed E-state index contributed by atoms with van der Waals surface area (Å²) in [5, 5.41) is 6.13. The molecule has 4 nitrogen and oxygen atoms in total. The normalized spacial score (nSPS) is 16.7. The Morgan fingerprint density at radius 1 is 1.29 bits per heavy atom. The molecule has 4 heteroatoms. The predicted molar refractivity (Wildman–Crippen MR) is 84.8 cm³/mol. The van der Waals surface area contributed by atoms with Gasteiger partial charge in [-0.25, -0.2) is 0 Å². The molecule has 1 aliphatic rings. The zero-order valence-electron chi connectivity index (χ0n) is 13.3. The Labute approximate surface area is 127 Å². The molecule has 1 aromatic carbocycles. The van der Waals surface area contributed by atoms with Crippen LogP contribution in [0.3, 0.4) is 0 Å². The number of aryl methyl sites for hydroxylation is 1. The van der Waals surface area contributed by atoms with Crippen LogP contribution >= 0.6 is 0 Å². The number of methoxy groups -OCH3 is 1. The van der Waals surface area contributed by atoms with Gasteiger partial charge in [-0.05, 0) is 44.0 Å². The fourth-order valence-corrected chi connectivity index (χ4v) is 3.21. The van der Waals surface area contributed by atoms with Crippen LogP contribution < -0.4 is 15.4 Å². The van der Waals surface area contributed by atoms with E-state index in [9.17, 15) is 4.79 Å². The molecule has 2 N–H and O–H groups in total. The van der Waals surface area contributed by atoms with E-state index >= 15 is 0 Å². The first-order valence-electron chi connectivity index (χ1n) is 7.72. The fourth-order valence-electron chi connectivity index (χ4n) is 3.21. The lowest BCUT2D eigenvalue weighted by molar-refractivity contribution is -0.126. The predicted octanol–water partition coefficient (Wildman–Crippen LogP) is 2.15. The van der Waals surface area contributed by atoms with E-state index in [0.29, 0.717) is 6.54 Å². The monoisotopic (exact) mass is 290 g/mol. The highest BCUT2D eigenvalue weighted by atomic mass is 16.5. The molecule has 0 aromatic heterocycles. The highest BCUT2D eigenvalue weighted by Crippen LogP contribution is 2.42. The van der Waals surface area contributed by atoms with Crippen LogP contribution in [0.25, 0.3) is 0 Å². The molecule has 0 heterocycles. The van der Waals surface area contributed by atoms with Crippen molar-refractivity contribution in [2.45, 2.75) is 38.0 Å². The van der Waals surface area contributed by atoms with Gasteiger partial charge in [0.25, 0.3) is 0 Å². The van der Waals surface area contributed by atoms with Gasteiger partial charge >= 0.3 is 0 Å². The summed E-state index contributed by atoms with van der Waals surface area (Å²) < 4.78 is 5.43. The van der Waals surface area contributed by atoms with Crippen molar-refractivity contribution in [2.75, 3.05) is 27.2 Å². The highest BCUT2D eigenvalue weighted by Gasteiger charge is 2.42. The highest BCUT2D eigenvalue weighted by molar-refractivity contribution is 5.88. The standard InChI is InChI=1S/C17H26N2O2/c1-13-6-7-14(12-15(13)21-3)17(8-4-5-9-17)16(20)19-11-10-18-2/h6-7,12,18H,4-5,8-11H2,1-3H3,(H,19,20). The molecule has 1 aliphatic carbocycles. The average molecular weight is 290 g/mol. The largest absolute Gasteiger partial charge is 0.496 e. The summed E-state index contributed by atoms with van der Waals surface area (Å²) in [5.74, 6) is 1.02. The van der Waals surface area contributed by atoms with Gasteiger partial charge in [0.15, 0.2) is 0 Å². The van der Waals surface area contributed by atoms with Gasteiger partial charge in [-0.15, -0.1) is 0 Å². The van der Waals surface area contributed by atoms with E-state index in [1.54, 1.807) is 7.11 Å². The first kappa shape index (κ1) is 15.8. The summed E-state index contributed by atoms with van der Waals surface area (Å²) >= 11 is 0. The number of carbonyl (C=O) groups is 1. The molecule has 0 radical (unpaired) electrons. The van der Waals surface area contributed by atoms with Crippen molar-refractivity contribution >= 4 is 5.91 Å². The summed E-state index contributed by atoms with van der Waals surface area (Å²) in [6.07, 6.45) is 4.06. The molecule has 1 fully saturated rings. The maximum Gasteiger partial charge on any atom is 0.230 e. The molecule has 1 saturated carbocycles. The van der Waals surface area contributed by atoms with Gasteiger partial charge in [0.05, 0.1) is 12.5 Å². The molecule has 116 valence electrons. The molecule has 1 amide bonds. The second-order valence-electron chi connectivity index (χ2n) is 5.83. The van der Waals surface area contributed by atoms with Crippen molar-refractivity contribution in [3.8, 4) is 5.75 Å². The van der Waals surface area contributed by atoms with Crippen LogP contribution in [0.5, 0.6) is 5.75 Å². The second-order valence-corrected chi connectivity index (χ2v) is 5.83. The van der Waals surface area contributed by atoms with Crippen LogP contribution in [-0.4, -0.2) is 33.2 Å². The third-order valence-corrected chi connectivity index (χ3v) is 4.51. The molecule has 0 unspecified atom stereocenters. The van der Waals surface area contributed by atoms with Crippen LogP contribution in [0, 0.1) is 6.92 Å². The number of amides is 1. The topological polar surface area (TPSA) is 50.4 Å². The molecule has 0 spiro atoms. The van der Waals surface area contributed by atoms with Crippen molar-refractivity contribution in [1.29, 1.82) is 0 Å². The maximum atomic E-state index is 12.7. The number of rotatable bonds is 6. The van der Waals surface area contributed by atoms with Gasteiger partial charge in [0.1, 0.15) is 5.75 Å². The fraction of sp³-hybridized carbons (Fsp3) is 0.588. The third kappa shape index (κ3) is 3.21. The van der Waals surface area contributed by atoms with Gasteiger partial charge in [0.2, 0.25) is 5.91 Å². The smallest absolute Gasteiger partial charge is 0.230 e. The first-order valence-corrected chi connectivity index (χ1v) is 7.72. The van der Waals surface area contributed by atoms with E-state index in [-0.39, 0.29) is 11.3 Å². The van der Waals surface area contributed by atoms with Crippen LogP contribution in [0.4, 0.5) is 0 Å². The number of likely N-dealkylation sites (N-methyl/N-ethyl adjacent to an activating group) is 1. The number of hydrogen-bond donors (Lipinski definition) is 2. The lowest BCUT2D eigenvalue weighted by Crippen LogP contribution is -2.44. The van der Waals surface area contributed by atoms with Crippen molar-refractivity contribution < 1.29 is 9.53 Å². The van der Waals surface area contributed by atoms with E-state index in [0.717, 1.165) is 49.1 Å². The minimum absolute atomic E-state index is 0.154. The van der Waals surface area contributed by atoms with E-state index in [4.69, 9.17) is 4.74 Å². The van der Waals surface area contributed by atoms with Crippen LogP contribution in [0.2, 0.25) is 0 Å². The Morgan fingerprint density at radius 2 is 2.00 bits per heavy atom. The Bertz CT molecular complexity index is 494. The average Bonchev–Trinajstić information content (AvgIpc) is 2.98. The molecule has 0 atom stereocenters. The first-order chi connectivity index (χ1) is 10.1. The number of benzene rings is 1. The summed E-state index contributed by atoms with van der Waals surface area (Å²) in [6.45, 7) is 3.48. The maximum absolute atomic E-state index is 12.7. The lowest BCUT2D eigenvalue weighted by atomic mass is 9.77. The molecule has 0 aliphatic heterocycles. The van der Waals surface area contributed by atoms with E-state index in [2.05, 4.69) is 22.8 Å². The zero-order valence-corrected chi connectivity index (χ0v) is 13.3. The van der Waals surface area contributed by atoms with Gasteiger partial charge in [0, 0.05) is 13.1 Å². The lowest BCUT2D eigenvalue weighted by Gasteiger charge is -2.29. The third-order valence-electron chi connectivity index (χ3n) is 4.51. The second kappa shape index (κ2) is 6.94. The number of nitrogens with one attached hydrogen (secondary N) is 2. The van der Waals surface area contributed by atoms with Gasteiger partial charge in [-0.3, -0.25) is 4.79 Å². The Morgan fingerprint density at radius 3 is 2.62 bits per heavy atom. The Hall–Kier alpha value is -1.55. The minimum atomic E-state index is -0.380. The van der Waals surface area contributed by atoms with Crippen LogP contribution in [0.15, 0.2) is 18.2 Å². The van der Waals surface area contributed by atoms with Crippen molar-refractivity contribution in [3.63, 3.8) is 0 Å². The van der Waals surface area contributed by atoms with Crippen LogP contribution in [0.1, 0.15) is 36.8 Å². The summed E-state index contributed by atoms with van der Waals surface area (Å²) in [4.78, 5) is 12.7. The molecule has 21 heavy (non-hydrogen) atoms.